The van der Waals surface area contributed by atoms with Crippen LogP contribution in [0.4, 0.5) is 0 Å². The zero-order valence-electron chi connectivity index (χ0n) is 7.70. The van der Waals surface area contributed by atoms with Crippen molar-refractivity contribution in [1.29, 1.82) is 0 Å². The molecule has 6 heteroatoms. The van der Waals surface area contributed by atoms with Gasteiger partial charge in [0, 0.05) is 4.47 Å². The Morgan fingerprint density at radius 2 is 2.27 bits per heavy atom. The molecule has 0 saturated carbocycles. The summed E-state index contributed by atoms with van der Waals surface area (Å²) in [6.45, 7) is 0. The van der Waals surface area contributed by atoms with Crippen molar-refractivity contribution in [2.24, 2.45) is 0 Å². The van der Waals surface area contributed by atoms with E-state index in [1.165, 1.54) is 0 Å². The number of rotatable bonds is 2. The van der Waals surface area contributed by atoms with Crippen molar-refractivity contribution in [2.75, 3.05) is 7.11 Å². The number of aromatic nitrogens is 2. The molecule has 0 atom stereocenters. The van der Waals surface area contributed by atoms with Gasteiger partial charge in [-0.05, 0) is 29.8 Å². The molecule has 0 amide bonds. The summed E-state index contributed by atoms with van der Waals surface area (Å²) in [5.41, 5.74) is 0.725. The summed E-state index contributed by atoms with van der Waals surface area (Å²) in [6, 6.07) is 5.51. The minimum atomic E-state index is 0.00651. The lowest BCUT2D eigenvalue weighted by Crippen LogP contribution is -1.89. The molecule has 0 fully saturated rings. The third-order valence-corrected chi connectivity index (χ3v) is 2.45. The van der Waals surface area contributed by atoms with E-state index in [1.807, 2.05) is 18.2 Å². The van der Waals surface area contributed by atoms with Crippen LogP contribution in [0.2, 0.25) is 5.35 Å². The lowest BCUT2D eigenvalue weighted by atomic mass is 10.2. The van der Waals surface area contributed by atoms with Crippen LogP contribution in [0, 0.1) is 0 Å². The number of benzene rings is 1. The molecule has 78 valence electrons. The lowest BCUT2D eigenvalue weighted by Gasteiger charge is -2.04. The molecule has 1 aromatic heterocycles. The first-order valence-electron chi connectivity index (χ1n) is 4.04. The SMILES string of the molecule is COc1ccc(Br)cc1-c1noc(Cl)n1. The summed E-state index contributed by atoms with van der Waals surface area (Å²) >= 11 is 8.91. The van der Waals surface area contributed by atoms with Gasteiger partial charge in [-0.25, -0.2) is 0 Å². The Morgan fingerprint density at radius 1 is 1.47 bits per heavy atom. The number of nitrogens with zero attached hydrogens (tertiary/aromatic N) is 2. The second-order valence-corrected chi connectivity index (χ2v) is 3.95. The van der Waals surface area contributed by atoms with Gasteiger partial charge in [-0.2, -0.15) is 4.98 Å². The van der Waals surface area contributed by atoms with Crippen LogP contribution in [0.25, 0.3) is 11.4 Å². The minimum Gasteiger partial charge on any atom is -0.496 e. The molecule has 2 rings (SSSR count). The summed E-state index contributed by atoms with van der Waals surface area (Å²) in [5, 5.41) is 3.72. The summed E-state index contributed by atoms with van der Waals surface area (Å²) in [5.74, 6) is 1.06. The fourth-order valence-corrected chi connectivity index (χ4v) is 1.64. The maximum absolute atomic E-state index is 5.55. The molecule has 0 saturated heterocycles. The third kappa shape index (κ3) is 2.13. The molecule has 0 bridgehead atoms. The number of methoxy groups -OCH3 is 1. The van der Waals surface area contributed by atoms with Crippen LogP contribution in [-0.4, -0.2) is 17.3 Å². The van der Waals surface area contributed by atoms with Gasteiger partial charge in [0.05, 0.1) is 12.7 Å². The van der Waals surface area contributed by atoms with E-state index < -0.39 is 0 Å². The highest BCUT2D eigenvalue weighted by atomic mass is 79.9. The van der Waals surface area contributed by atoms with Gasteiger partial charge in [0.2, 0.25) is 5.82 Å². The van der Waals surface area contributed by atoms with Crippen LogP contribution in [0.5, 0.6) is 5.75 Å². The summed E-state index contributed by atoms with van der Waals surface area (Å²) < 4.78 is 10.8. The highest BCUT2D eigenvalue weighted by Gasteiger charge is 2.12. The second-order valence-electron chi connectivity index (χ2n) is 2.72. The second kappa shape index (κ2) is 4.20. The van der Waals surface area contributed by atoms with Crippen LogP contribution in [0.15, 0.2) is 27.2 Å². The van der Waals surface area contributed by atoms with Crippen molar-refractivity contribution >= 4 is 27.5 Å². The smallest absolute Gasteiger partial charge is 0.320 e. The van der Waals surface area contributed by atoms with Crippen LogP contribution >= 0.6 is 27.5 Å². The first kappa shape index (κ1) is 10.4. The van der Waals surface area contributed by atoms with Crippen molar-refractivity contribution in [3.05, 3.63) is 28.0 Å². The van der Waals surface area contributed by atoms with Gasteiger partial charge in [-0.15, -0.1) is 0 Å². The molecule has 15 heavy (non-hydrogen) atoms. The van der Waals surface area contributed by atoms with E-state index in [1.54, 1.807) is 7.11 Å². The zero-order valence-corrected chi connectivity index (χ0v) is 10.0. The Bertz CT molecular complexity index is 487. The van der Waals surface area contributed by atoms with E-state index in [4.69, 9.17) is 20.9 Å². The molecule has 2 aromatic rings. The number of hydrogen-bond acceptors (Lipinski definition) is 4. The Labute approximate surface area is 99.3 Å². The van der Waals surface area contributed by atoms with E-state index in [0.29, 0.717) is 11.6 Å². The molecule has 4 nitrogen and oxygen atoms in total. The molecular formula is C9H6BrClN2O2. The highest BCUT2D eigenvalue weighted by Crippen LogP contribution is 2.31. The van der Waals surface area contributed by atoms with E-state index in [0.717, 1.165) is 10.0 Å². The topological polar surface area (TPSA) is 48.2 Å². The van der Waals surface area contributed by atoms with Gasteiger partial charge in [0.25, 0.3) is 0 Å². The van der Waals surface area contributed by atoms with Crippen molar-refractivity contribution in [1.82, 2.24) is 10.1 Å². The molecular weight excluding hydrogens is 283 g/mol. The predicted molar refractivity (Wildman–Crippen MR) is 59.0 cm³/mol. The van der Waals surface area contributed by atoms with Gasteiger partial charge < -0.3 is 9.26 Å². The fourth-order valence-electron chi connectivity index (χ4n) is 1.17. The van der Waals surface area contributed by atoms with Crippen LogP contribution in [0.1, 0.15) is 0 Å². The Morgan fingerprint density at radius 3 is 2.87 bits per heavy atom. The van der Waals surface area contributed by atoms with Gasteiger partial charge in [-0.3, -0.25) is 0 Å². The monoisotopic (exact) mass is 288 g/mol. The van der Waals surface area contributed by atoms with Gasteiger partial charge in [0.1, 0.15) is 5.75 Å². The molecule has 0 spiro atoms. The maximum atomic E-state index is 5.55. The molecule has 1 heterocycles. The first-order valence-corrected chi connectivity index (χ1v) is 5.21. The number of halogens is 2. The van der Waals surface area contributed by atoms with Crippen molar-refractivity contribution < 1.29 is 9.26 Å². The van der Waals surface area contributed by atoms with Crippen molar-refractivity contribution in [2.45, 2.75) is 0 Å². The predicted octanol–water partition coefficient (Wildman–Crippen LogP) is 3.16. The van der Waals surface area contributed by atoms with Crippen molar-refractivity contribution in [3.8, 4) is 17.1 Å². The van der Waals surface area contributed by atoms with Gasteiger partial charge in [0.15, 0.2) is 0 Å². The molecule has 1 aromatic carbocycles. The van der Waals surface area contributed by atoms with Crippen LogP contribution in [-0.2, 0) is 0 Å². The lowest BCUT2D eigenvalue weighted by molar-refractivity contribution is 0.411. The normalized spacial score (nSPS) is 10.3. The fraction of sp³-hybridized carbons (Fsp3) is 0.111. The Kier molecular flexibility index (Phi) is 2.93. The quantitative estimate of drug-likeness (QED) is 0.852. The van der Waals surface area contributed by atoms with E-state index in [2.05, 4.69) is 26.1 Å². The summed E-state index contributed by atoms with van der Waals surface area (Å²) in [4.78, 5) is 3.92. The third-order valence-electron chi connectivity index (χ3n) is 1.80. The maximum Gasteiger partial charge on any atom is 0.320 e. The van der Waals surface area contributed by atoms with E-state index >= 15 is 0 Å². The molecule has 0 radical (unpaired) electrons. The average Bonchev–Trinajstić information content (AvgIpc) is 2.65. The molecule has 0 aliphatic rings. The molecule has 0 aliphatic heterocycles. The van der Waals surface area contributed by atoms with Crippen LogP contribution in [0.3, 0.4) is 0 Å². The molecule has 0 unspecified atom stereocenters. The minimum absolute atomic E-state index is 0.00651. The first-order chi connectivity index (χ1) is 7.20. The van der Waals surface area contributed by atoms with Crippen LogP contribution < -0.4 is 4.74 Å². The standard InChI is InChI=1S/C9H6BrClN2O2/c1-14-7-3-2-5(10)4-6(7)8-12-9(11)15-13-8/h2-4H,1H3. The average molecular weight is 290 g/mol. The summed E-state index contributed by atoms with van der Waals surface area (Å²) in [7, 11) is 1.58. The molecule has 0 N–H and O–H groups in total. The zero-order chi connectivity index (χ0) is 10.8. The van der Waals surface area contributed by atoms with E-state index in [9.17, 15) is 0 Å². The van der Waals surface area contributed by atoms with Gasteiger partial charge >= 0.3 is 5.35 Å². The number of ether oxygens (including phenoxy) is 1. The Hall–Kier alpha value is -1.07. The Balaban J connectivity index is 2.55. The summed E-state index contributed by atoms with van der Waals surface area (Å²) in [6.07, 6.45) is 0. The number of hydrogen-bond donors (Lipinski definition) is 0. The largest absolute Gasteiger partial charge is 0.496 e. The van der Waals surface area contributed by atoms with Gasteiger partial charge in [-0.1, -0.05) is 21.1 Å². The molecule has 0 aliphatic carbocycles. The van der Waals surface area contributed by atoms with Crippen molar-refractivity contribution in [3.63, 3.8) is 0 Å². The van der Waals surface area contributed by atoms with E-state index in [-0.39, 0.29) is 5.35 Å². The highest BCUT2D eigenvalue weighted by molar-refractivity contribution is 9.10.